The van der Waals surface area contributed by atoms with E-state index in [4.69, 9.17) is 9.26 Å². The van der Waals surface area contributed by atoms with Crippen LogP contribution in [0.5, 0.6) is 5.75 Å². The van der Waals surface area contributed by atoms with E-state index in [0.29, 0.717) is 17.1 Å². The van der Waals surface area contributed by atoms with Crippen LogP contribution in [0, 0.1) is 5.41 Å². The van der Waals surface area contributed by atoms with Crippen molar-refractivity contribution in [3.8, 4) is 17.1 Å². The number of nitrogens with one attached hydrogen (secondary N) is 1. The van der Waals surface area contributed by atoms with Gasteiger partial charge in [0.05, 0.1) is 7.11 Å². The molecule has 1 aromatic carbocycles. The minimum atomic E-state index is 0.604. The van der Waals surface area contributed by atoms with Crippen molar-refractivity contribution in [2.24, 2.45) is 10.4 Å². The van der Waals surface area contributed by atoms with E-state index >= 15 is 0 Å². The molecule has 1 aromatic heterocycles. The zero-order valence-corrected chi connectivity index (χ0v) is 18.2. The Balaban J connectivity index is 1.14. The summed E-state index contributed by atoms with van der Waals surface area (Å²) in [6.07, 6.45) is 9.61. The molecule has 0 unspecified atom stereocenters. The van der Waals surface area contributed by atoms with Gasteiger partial charge in [0.25, 0.3) is 0 Å². The van der Waals surface area contributed by atoms with Crippen LogP contribution in [0.25, 0.3) is 11.4 Å². The molecule has 1 N–H and O–H groups in total. The van der Waals surface area contributed by atoms with Crippen molar-refractivity contribution in [3.05, 3.63) is 30.2 Å². The van der Waals surface area contributed by atoms with Gasteiger partial charge in [-0.15, -0.1) is 0 Å². The van der Waals surface area contributed by atoms with Crippen molar-refractivity contribution in [1.82, 2.24) is 20.4 Å². The molecule has 30 heavy (non-hydrogen) atoms. The highest BCUT2D eigenvalue weighted by Gasteiger charge is 2.43. The van der Waals surface area contributed by atoms with Gasteiger partial charge in [-0.2, -0.15) is 4.98 Å². The summed E-state index contributed by atoms with van der Waals surface area (Å²) in [6.45, 7) is 3.28. The smallest absolute Gasteiger partial charge is 0.226 e. The quantitative estimate of drug-likeness (QED) is 0.403. The minimum Gasteiger partial charge on any atom is -0.497 e. The molecule has 1 saturated carbocycles. The molecular formula is C23H33N5O2. The lowest BCUT2D eigenvalue weighted by molar-refractivity contribution is 0.151. The average molecular weight is 412 g/mol. The van der Waals surface area contributed by atoms with Crippen LogP contribution in [0.3, 0.4) is 0 Å². The van der Waals surface area contributed by atoms with E-state index in [1.165, 1.54) is 32.2 Å². The number of aliphatic imine (C=N–C) groups is 1. The maximum atomic E-state index is 5.41. The molecule has 0 radical (unpaired) electrons. The Morgan fingerprint density at radius 2 is 2.03 bits per heavy atom. The number of hydrogen-bond acceptors (Lipinski definition) is 5. The lowest BCUT2D eigenvalue weighted by Gasteiger charge is -2.38. The first-order chi connectivity index (χ1) is 14.7. The van der Waals surface area contributed by atoms with Crippen molar-refractivity contribution >= 4 is 5.96 Å². The molecule has 1 spiro atoms. The molecule has 162 valence electrons. The number of ether oxygens (including phenoxy) is 1. The third kappa shape index (κ3) is 4.77. The maximum absolute atomic E-state index is 5.41. The Bertz CT molecular complexity index is 842. The van der Waals surface area contributed by atoms with Gasteiger partial charge in [-0.1, -0.05) is 18.0 Å². The monoisotopic (exact) mass is 411 g/mol. The van der Waals surface area contributed by atoms with Crippen LogP contribution in [0.15, 0.2) is 33.8 Å². The van der Waals surface area contributed by atoms with Crippen molar-refractivity contribution in [2.45, 2.75) is 51.4 Å². The number of rotatable bonds is 8. The summed E-state index contributed by atoms with van der Waals surface area (Å²) in [5.41, 5.74) is 1.54. The topological polar surface area (TPSA) is 75.8 Å². The Morgan fingerprint density at radius 1 is 1.20 bits per heavy atom. The highest BCUT2D eigenvalue weighted by atomic mass is 16.5. The van der Waals surface area contributed by atoms with Crippen LogP contribution in [0.2, 0.25) is 0 Å². The summed E-state index contributed by atoms with van der Waals surface area (Å²) in [4.78, 5) is 11.4. The third-order valence-electron chi connectivity index (χ3n) is 6.53. The highest BCUT2D eigenvalue weighted by molar-refractivity contribution is 5.80. The van der Waals surface area contributed by atoms with Gasteiger partial charge in [0.2, 0.25) is 11.7 Å². The lowest BCUT2D eigenvalue weighted by Crippen LogP contribution is -2.42. The molecule has 0 amide bonds. The summed E-state index contributed by atoms with van der Waals surface area (Å²) in [5.74, 6) is 3.22. The zero-order chi connectivity index (χ0) is 20.8. The Morgan fingerprint density at radius 3 is 2.70 bits per heavy atom. The fraction of sp³-hybridized carbons (Fsp3) is 0.609. The van der Waals surface area contributed by atoms with Crippen LogP contribution in [0.4, 0.5) is 0 Å². The molecule has 0 atom stereocenters. The molecule has 4 rings (SSSR count). The average Bonchev–Trinajstić information content (AvgIpc) is 3.41. The number of nitrogens with zero attached hydrogens (tertiary/aromatic N) is 4. The molecule has 7 nitrogen and oxygen atoms in total. The van der Waals surface area contributed by atoms with Gasteiger partial charge in [-0.05, 0) is 61.8 Å². The van der Waals surface area contributed by atoms with Gasteiger partial charge in [0.15, 0.2) is 5.96 Å². The highest BCUT2D eigenvalue weighted by Crippen LogP contribution is 2.47. The van der Waals surface area contributed by atoms with Gasteiger partial charge in [0.1, 0.15) is 5.75 Å². The van der Waals surface area contributed by atoms with E-state index < -0.39 is 0 Å². The Hall–Kier alpha value is -2.57. The van der Waals surface area contributed by atoms with Gasteiger partial charge >= 0.3 is 0 Å². The molecule has 2 aromatic rings. The minimum absolute atomic E-state index is 0.604. The molecule has 1 aliphatic heterocycles. The van der Waals surface area contributed by atoms with Crippen molar-refractivity contribution in [1.29, 1.82) is 0 Å². The molecule has 2 aliphatic rings. The van der Waals surface area contributed by atoms with Crippen LogP contribution >= 0.6 is 0 Å². The second-order valence-corrected chi connectivity index (χ2v) is 8.55. The van der Waals surface area contributed by atoms with E-state index in [9.17, 15) is 0 Å². The van der Waals surface area contributed by atoms with Crippen LogP contribution < -0.4 is 10.1 Å². The fourth-order valence-electron chi connectivity index (χ4n) is 4.53. The summed E-state index contributed by atoms with van der Waals surface area (Å²) >= 11 is 0. The predicted octanol–water partition coefficient (Wildman–Crippen LogP) is 3.91. The second kappa shape index (κ2) is 9.49. The van der Waals surface area contributed by atoms with E-state index in [2.05, 4.69) is 25.3 Å². The van der Waals surface area contributed by atoms with Crippen molar-refractivity contribution in [3.63, 3.8) is 0 Å². The summed E-state index contributed by atoms with van der Waals surface area (Å²) in [7, 11) is 3.55. The number of aromatic nitrogens is 2. The first-order valence-corrected chi connectivity index (χ1v) is 11.1. The molecule has 2 fully saturated rings. The molecule has 7 heteroatoms. The van der Waals surface area contributed by atoms with Gasteiger partial charge in [0, 0.05) is 38.7 Å². The van der Waals surface area contributed by atoms with Gasteiger partial charge < -0.3 is 19.5 Å². The van der Waals surface area contributed by atoms with E-state index in [-0.39, 0.29) is 0 Å². The van der Waals surface area contributed by atoms with Crippen molar-refractivity contribution in [2.75, 3.05) is 33.8 Å². The molecule has 1 saturated heterocycles. The molecular weight excluding hydrogens is 378 g/mol. The van der Waals surface area contributed by atoms with Gasteiger partial charge in [-0.3, -0.25) is 4.99 Å². The Labute approximate surface area is 178 Å². The number of guanidine groups is 1. The fourth-order valence-corrected chi connectivity index (χ4v) is 4.53. The molecule has 2 heterocycles. The predicted molar refractivity (Wildman–Crippen MR) is 118 cm³/mol. The zero-order valence-electron chi connectivity index (χ0n) is 18.2. The van der Waals surface area contributed by atoms with E-state index in [1.54, 1.807) is 7.11 Å². The third-order valence-corrected chi connectivity index (χ3v) is 6.53. The number of benzene rings is 1. The van der Waals surface area contributed by atoms with Crippen molar-refractivity contribution < 1.29 is 9.26 Å². The van der Waals surface area contributed by atoms with Crippen LogP contribution in [0.1, 0.15) is 50.8 Å². The first-order valence-electron chi connectivity index (χ1n) is 11.1. The molecule has 1 aliphatic carbocycles. The van der Waals surface area contributed by atoms with Crippen LogP contribution in [-0.2, 0) is 6.42 Å². The molecule has 0 bridgehead atoms. The maximum Gasteiger partial charge on any atom is 0.226 e. The summed E-state index contributed by atoms with van der Waals surface area (Å²) in [5, 5.41) is 7.64. The van der Waals surface area contributed by atoms with E-state index in [0.717, 1.165) is 56.0 Å². The number of likely N-dealkylation sites (tertiary alicyclic amines) is 1. The number of aryl methyl sites for hydroxylation is 1. The SMILES string of the molecule is CN=C(NCCCCCc1nc(-c2ccc(OC)cc2)no1)N1CCC2(CCC2)C1. The largest absolute Gasteiger partial charge is 0.497 e. The second-order valence-electron chi connectivity index (χ2n) is 8.55. The number of hydrogen-bond donors (Lipinski definition) is 1. The summed E-state index contributed by atoms with van der Waals surface area (Å²) < 4.78 is 10.6. The standard InChI is InChI=1S/C23H33N5O2/c1-24-22(28-16-14-23(17-28)12-6-13-23)25-15-5-3-4-7-20-26-21(27-30-20)18-8-10-19(29-2)11-9-18/h8-11H,3-7,12-17H2,1-2H3,(H,24,25). The summed E-state index contributed by atoms with van der Waals surface area (Å²) in [6, 6.07) is 7.69. The van der Waals surface area contributed by atoms with Gasteiger partial charge in [-0.25, -0.2) is 0 Å². The normalized spacial score (nSPS) is 17.9. The number of unbranched alkanes of at least 4 members (excludes halogenated alkanes) is 2. The van der Waals surface area contributed by atoms with E-state index in [1.807, 2.05) is 31.3 Å². The lowest BCUT2D eigenvalue weighted by atomic mass is 9.68. The Kier molecular flexibility index (Phi) is 6.55. The van der Waals surface area contributed by atoms with Crippen LogP contribution in [-0.4, -0.2) is 54.8 Å². The first kappa shape index (κ1) is 20.7. The number of methoxy groups -OCH3 is 1.